The van der Waals surface area contributed by atoms with Crippen molar-refractivity contribution < 1.29 is 14.7 Å². The highest BCUT2D eigenvalue weighted by molar-refractivity contribution is 9.11. The quantitative estimate of drug-likeness (QED) is 0.847. The molecule has 1 saturated carbocycles. The lowest BCUT2D eigenvalue weighted by atomic mass is 9.86. The third-order valence-corrected chi connectivity index (χ3v) is 5.52. The number of hydrogen-bond donors (Lipinski definition) is 2. The van der Waals surface area contributed by atoms with E-state index >= 15 is 0 Å². The lowest BCUT2D eigenvalue weighted by Gasteiger charge is -2.27. The van der Waals surface area contributed by atoms with Crippen molar-refractivity contribution in [3.63, 3.8) is 0 Å². The Morgan fingerprint density at radius 3 is 2.57 bits per heavy atom. The third-order valence-electron chi connectivity index (χ3n) is 3.89. The second-order valence-corrected chi connectivity index (χ2v) is 8.04. The minimum absolute atomic E-state index is 0.0822. The number of nitrogens with one attached hydrogen (secondary N) is 1. The van der Waals surface area contributed by atoms with E-state index in [1.807, 2.05) is 12.1 Å². The Bertz CT molecular complexity index is 503. The van der Waals surface area contributed by atoms with Crippen LogP contribution in [0.4, 0.5) is 0 Å². The van der Waals surface area contributed by atoms with Gasteiger partial charge in [0.2, 0.25) is 5.91 Å². The molecule has 1 fully saturated rings. The number of thiophene rings is 1. The van der Waals surface area contributed by atoms with E-state index in [-0.39, 0.29) is 11.9 Å². The van der Waals surface area contributed by atoms with E-state index < -0.39 is 11.9 Å². The van der Waals surface area contributed by atoms with Gasteiger partial charge in [-0.2, -0.15) is 0 Å². The summed E-state index contributed by atoms with van der Waals surface area (Å²) in [5, 5.41) is 12.3. The Morgan fingerprint density at radius 1 is 1.24 bits per heavy atom. The van der Waals surface area contributed by atoms with Crippen molar-refractivity contribution in [2.75, 3.05) is 0 Å². The van der Waals surface area contributed by atoms with Gasteiger partial charge in [0.15, 0.2) is 0 Å². The minimum Gasteiger partial charge on any atom is -0.481 e. The van der Waals surface area contributed by atoms with E-state index in [9.17, 15) is 14.7 Å². The number of halogens is 1. The first kappa shape index (κ1) is 16.5. The van der Waals surface area contributed by atoms with Crippen LogP contribution in [0.5, 0.6) is 0 Å². The maximum atomic E-state index is 12.1. The monoisotopic (exact) mass is 373 g/mol. The number of carbonyl (C=O) groups excluding carboxylic acids is 1. The van der Waals surface area contributed by atoms with Crippen molar-refractivity contribution in [3.05, 3.63) is 20.8 Å². The van der Waals surface area contributed by atoms with Gasteiger partial charge in [-0.25, -0.2) is 0 Å². The van der Waals surface area contributed by atoms with Gasteiger partial charge in [-0.15, -0.1) is 11.3 Å². The summed E-state index contributed by atoms with van der Waals surface area (Å²) in [6, 6.07) is 3.60. The number of carbonyl (C=O) groups is 2. The molecule has 1 aliphatic rings. The van der Waals surface area contributed by atoms with Crippen LogP contribution in [0, 0.1) is 5.92 Å². The molecule has 0 saturated heterocycles. The number of amides is 1. The molecule has 0 aliphatic heterocycles. The molecule has 116 valence electrons. The molecule has 1 heterocycles. The van der Waals surface area contributed by atoms with Gasteiger partial charge in [-0.3, -0.25) is 9.59 Å². The molecule has 0 spiro atoms. The van der Waals surface area contributed by atoms with Gasteiger partial charge in [0, 0.05) is 10.9 Å². The van der Waals surface area contributed by atoms with E-state index in [4.69, 9.17) is 0 Å². The molecule has 2 unspecified atom stereocenters. The van der Waals surface area contributed by atoms with Crippen molar-refractivity contribution in [2.45, 2.75) is 51.0 Å². The lowest BCUT2D eigenvalue weighted by Crippen LogP contribution is -2.44. The molecule has 0 aromatic carbocycles. The molecule has 21 heavy (non-hydrogen) atoms. The molecule has 6 heteroatoms. The van der Waals surface area contributed by atoms with Crippen LogP contribution < -0.4 is 5.32 Å². The van der Waals surface area contributed by atoms with Crippen molar-refractivity contribution in [2.24, 2.45) is 5.92 Å². The maximum Gasteiger partial charge on any atom is 0.308 e. The minimum atomic E-state index is -0.791. The van der Waals surface area contributed by atoms with Crippen LogP contribution in [-0.2, 0) is 16.0 Å². The van der Waals surface area contributed by atoms with Gasteiger partial charge in [0.1, 0.15) is 0 Å². The molecule has 2 N–H and O–H groups in total. The normalized spacial score (nSPS) is 23.1. The number of rotatable bonds is 4. The predicted octanol–water partition coefficient (Wildman–Crippen LogP) is 3.59. The first-order valence-electron chi connectivity index (χ1n) is 7.32. The molecule has 4 nitrogen and oxygen atoms in total. The Morgan fingerprint density at radius 2 is 1.95 bits per heavy atom. The van der Waals surface area contributed by atoms with E-state index in [2.05, 4.69) is 21.2 Å². The zero-order valence-electron chi connectivity index (χ0n) is 11.8. The number of carboxylic acid groups (broad SMARTS) is 1. The summed E-state index contributed by atoms with van der Waals surface area (Å²) in [5.74, 6) is -1.33. The van der Waals surface area contributed by atoms with Gasteiger partial charge in [0.25, 0.3) is 0 Å². The first-order chi connectivity index (χ1) is 10.1. The van der Waals surface area contributed by atoms with Gasteiger partial charge in [0.05, 0.1) is 16.1 Å². The zero-order valence-corrected chi connectivity index (χ0v) is 14.2. The van der Waals surface area contributed by atoms with Crippen molar-refractivity contribution in [1.29, 1.82) is 0 Å². The zero-order chi connectivity index (χ0) is 15.2. The largest absolute Gasteiger partial charge is 0.481 e. The molecule has 0 bridgehead atoms. The summed E-state index contributed by atoms with van der Waals surface area (Å²) in [7, 11) is 0. The fourth-order valence-electron chi connectivity index (χ4n) is 2.82. The Balaban J connectivity index is 1.96. The highest BCUT2D eigenvalue weighted by atomic mass is 79.9. The van der Waals surface area contributed by atoms with Crippen LogP contribution in [0.15, 0.2) is 15.9 Å². The Kier molecular flexibility index (Phi) is 6.23. The van der Waals surface area contributed by atoms with Crippen LogP contribution in [0.3, 0.4) is 0 Å². The molecule has 0 radical (unpaired) electrons. The lowest BCUT2D eigenvalue weighted by molar-refractivity contribution is -0.143. The van der Waals surface area contributed by atoms with Crippen LogP contribution in [0.25, 0.3) is 0 Å². The van der Waals surface area contributed by atoms with Gasteiger partial charge >= 0.3 is 5.97 Å². The second-order valence-electron chi connectivity index (χ2n) is 5.49. The first-order valence-corrected chi connectivity index (χ1v) is 8.93. The third kappa shape index (κ3) is 5.11. The Labute approximate surface area is 137 Å². The Hall–Kier alpha value is -0.880. The summed E-state index contributed by atoms with van der Waals surface area (Å²) >= 11 is 4.91. The molecule has 2 atom stereocenters. The van der Waals surface area contributed by atoms with E-state index in [0.717, 1.165) is 40.8 Å². The summed E-state index contributed by atoms with van der Waals surface area (Å²) in [5.41, 5.74) is 0. The van der Waals surface area contributed by atoms with Crippen LogP contribution in [-0.4, -0.2) is 23.0 Å². The average Bonchev–Trinajstić information content (AvgIpc) is 2.77. The molecule has 1 aliphatic carbocycles. The SMILES string of the molecule is O=C(Cc1ccc(Br)s1)NC1CCCCCCC1C(=O)O. The van der Waals surface area contributed by atoms with Crippen LogP contribution in [0.1, 0.15) is 43.4 Å². The van der Waals surface area contributed by atoms with Crippen molar-refractivity contribution in [1.82, 2.24) is 5.32 Å². The van der Waals surface area contributed by atoms with E-state index in [0.29, 0.717) is 12.8 Å². The fraction of sp³-hybridized carbons (Fsp3) is 0.600. The highest BCUT2D eigenvalue weighted by Gasteiger charge is 2.29. The van der Waals surface area contributed by atoms with E-state index in [1.165, 1.54) is 11.3 Å². The maximum absolute atomic E-state index is 12.1. The number of hydrogen-bond acceptors (Lipinski definition) is 3. The van der Waals surface area contributed by atoms with Crippen LogP contribution in [0.2, 0.25) is 0 Å². The summed E-state index contributed by atoms with van der Waals surface area (Å²) in [4.78, 5) is 24.5. The van der Waals surface area contributed by atoms with Crippen LogP contribution >= 0.6 is 27.3 Å². The second kappa shape index (κ2) is 7.94. The molecule has 1 aromatic heterocycles. The molecule has 2 rings (SSSR count). The molecular formula is C15H20BrNO3S. The topological polar surface area (TPSA) is 66.4 Å². The fourth-order valence-corrected chi connectivity index (χ4v) is 4.30. The van der Waals surface area contributed by atoms with Gasteiger partial charge in [-0.05, 0) is 40.9 Å². The highest BCUT2D eigenvalue weighted by Crippen LogP contribution is 2.25. The summed E-state index contributed by atoms with van der Waals surface area (Å²) < 4.78 is 1.000. The van der Waals surface area contributed by atoms with Crippen molar-refractivity contribution >= 4 is 39.1 Å². The molecular weight excluding hydrogens is 354 g/mol. The summed E-state index contributed by atoms with van der Waals surface area (Å²) in [6.07, 6.45) is 5.87. The molecule has 1 aromatic rings. The predicted molar refractivity (Wildman–Crippen MR) is 86.5 cm³/mol. The van der Waals surface area contributed by atoms with Gasteiger partial charge < -0.3 is 10.4 Å². The number of carboxylic acids is 1. The van der Waals surface area contributed by atoms with Crippen molar-refractivity contribution in [3.8, 4) is 0 Å². The van der Waals surface area contributed by atoms with E-state index in [1.54, 1.807) is 0 Å². The van der Waals surface area contributed by atoms with Gasteiger partial charge in [-0.1, -0.05) is 25.7 Å². The molecule has 1 amide bonds. The summed E-state index contributed by atoms with van der Waals surface area (Å²) in [6.45, 7) is 0. The smallest absolute Gasteiger partial charge is 0.308 e. The average molecular weight is 374 g/mol. The standard InChI is InChI=1S/C15H20BrNO3S/c16-13-8-7-10(21-13)9-14(18)17-12-6-4-2-1-3-5-11(12)15(19)20/h7-8,11-12H,1-6,9H2,(H,17,18)(H,19,20). The number of aliphatic carboxylic acids is 1.